The van der Waals surface area contributed by atoms with Crippen LogP contribution in [0.2, 0.25) is 0 Å². The molecule has 0 spiro atoms. The molecule has 0 aliphatic carbocycles. The highest BCUT2D eigenvalue weighted by Gasteiger charge is 2.09. The molecule has 2 atom stereocenters. The Kier molecular flexibility index (Phi) is 4.78. The summed E-state index contributed by atoms with van der Waals surface area (Å²) < 4.78 is 5.33. The fraction of sp³-hybridized carbons (Fsp3) is 0.400. The van der Waals surface area contributed by atoms with E-state index in [2.05, 4.69) is 0 Å². The molecular weight excluding hydrogens is 193 g/mol. The summed E-state index contributed by atoms with van der Waals surface area (Å²) in [6.45, 7) is 2.00. The standard InChI is InChI=1S/C10H14BNO3/c1-8(10(12)11(13)14)15-7-9-5-3-2-4-6-9/h2-6,8,10H,7,12H2,1H3/q-2. The van der Waals surface area contributed by atoms with Crippen molar-refractivity contribution in [3.63, 3.8) is 0 Å². The Morgan fingerprint density at radius 3 is 2.47 bits per heavy atom. The zero-order chi connectivity index (χ0) is 11.3. The largest absolute Gasteiger partial charge is 0.892 e. The third-order valence-electron chi connectivity index (χ3n) is 2.21. The maximum Gasteiger partial charge on any atom is 0.0720 e. The normalized spacial score (nSPS) is 14.7. The van der Waals surface area contributed by atoms with Gasteiger partial charge in [0.05, 0.1) is 12.7 Å². The lowest BCUT2D eigenvalue weighted by Gasteiger charge is -2.37. The predicted molar refractivity (Wildman–Crippen MR) is 54.4 cm³/mol. The molecule has 0 saturated carbocycles. The summed E-state index contributed by atoms with van der Waals surface area (Å²) in [5.41, 5.74) is 6.36. The van der Waals surface area contributed by atoms with Gasteiger partial charge in [-0.05, 0) is 18.4 Å². The minimum atomic E-state index is -2.05. The highest BCUT2D eigenvalue weighted by Crippen LogP contribution is 2.04. The molecule has 1 aromatic rings. The second-order valence-corrected chi connectivity index (χ2v) is 3.45. The molecule has 0 aliphatic rings. The van der Waals surface area contributed by atoms with Crippen LogP contribution in [0.15, 0.2) is 30.3 Å². The minimum Gasteiger partial charge on any atom is -0.892 e. The van der Waals surface area contributed by atoms with Gasteiger partial charge in [0.15, 0.2) is 0 Å². The van der Waals surface area contributed by atoms with Crippen LogP contribution in [-0.4, -0.2) is 19.2 Å². The van der Waals surface area contributed by atoms with E-state index in [1.165, 1.54) is 0 Å². The molecule has 0 bridgehead atoms. The molecule has 1 aromatic carbocycles. The second kappa shape index (κ2) is 5.87. The van der Waals surface area contributed by atoms with Gasteiger partial charge in [-0.15, -0.1) is 0 Å². The van der Waals surface area contributed by atoms with Crippen molar-refractivity contribution < 1.29 is 14.8 Å². The van der Waals surface area contributed by atoms with Crippen molar-refractivity contribution in [2.45, 2.75) is 25.6 Å². The van der Waals surface area contributed by atoms with E-state index in [9.17, 15) is 10.0 Å². The van der Waals surface area contributed by atoms with Gasteiger partial charge in [0.1, 0.15) is 0 Å². The van der Waals surface area contributed by atoms with Crippen LogP contribution in [0.4, 0.5) is 0 Å². The first kappa shape index (κ1) is 12.2. The number of hydrogen-bond donors (Lipinski definition) is 1. The fourth-order valence-electron chi connectivity index (χ4n) is 1.13. The van der Waals surface area contributed by atoms with Crippen LogP contribution in [0.5, 0.6) is 0 Å². The van der Waals surface area contributed by atoms with Crippen LogP contribution in [-0.2, 0) is 11.3 Å². The highest BCUT2D eigenvalue weighted by molar-refractivity contribution is 6.39. The number of rotatable bonds is 5. The zero-order valence-corrected chi connectivity index (χ0v) is 8.63. The number of hydrogen-bond acceptors (Lipinski definition) is 4. The van der Waals surface area contributed by atoms with E-state index in [0.29, 0.717) is 6.61 Å². The molecule has 15 heavy (non-hydrogen) atoms. The summed E-state index contributed by atoms with van der Waals surface area (Å²) in [6, 6.07) is 9.51. The van der Waals surface area contributed by atoms with E-state index in [1.54, 1.807) is 6.92 Å². The van der Waals surface area contributed by atoms with Gasteiger partial charge in [-0.2, -0.15) is 0 Å². The fourth-order valence-corrected chi connectivity index (χ4v) is 1.13. The zero-order valence-electron chi connectivity index (χ0n) is 8.63. The van der Waals surface area contributed by atoms with Crippen molar-refractivity contribution >= 4 is 7.12 Å². The Morgan fingerprint density at radius 2 is 1.93 bits per heavy atom. The lowest BCUT2D eigenvalue weighted by atomic mass is 9.77. The quantitative estimate of drug-likeness (QED) is 0.606. The van der Waals surface area contributed by atoms with Gasteiger partial charge in [0.2, 0.25) is 0 Å². The Morgan fingerprint density at radius 1 is 1.33 bits per heavy atom. The second-order valence-electron chi connectivity index (χ2n) is 3.45. The van der Waals surface area contributed by atoms with Crippen molar-refractivity contribution in [2.75, 3.05) is 0 Å². The van der Waals surface area contributed by atoms with E-state index in [0.717, 1.165) is 5.56 Å². The maximum absolute atomic E-state index is 10.5. The molecule has 0 radical (unpaired) electrons. The van der Waals surface area contributed by atoms with Crippen LogP contribution in [0.1, 0.15) is 12.5 Å². The van der Waals surface area contributed by atoms with Gasteiger partial charge < -0.3 is 20.5 Å². The minimum absolute atomic E-state index is 0.364. The molecule has 0 amide bonds. The maximum atomic E-state index is 10.5. The third kappa shape index (κ3) is 4.01. The summed E-state index contributed by atoms with van der Waals surface area (Å²) in [5, 5.41) is 21.0. The van der Waals surface area contributed by atoms with Crippen molar-refractivity contribution in [1.82, 2.24) is 0 Å². The first-order chi connectivity index (χ1) is 7.11. The Bertz CT molecular complexity index is 281. The molecule has 5 heteroatoms. The summed E-state index contributed by atoms with van der Waals surface area (Å²) in [5.74, 6) is -1.01. The van der Waals surface area contributed by atoms with Gasteiger partial charge in [-0.1, -0.05) is 37.5 Å². The average molecular weight is 207 g/mol. The highest BCUT2D eigenvalue weighted by atomic mass is 16.5. The third-order valence-corrected chi connectivity index (χ3v) is 2.21. The van der Waals surface area contributed by atoms with Crippen LogP contribution in [0.25, 0.3) is 0 Å². The number of ether oxygens (including phenoxy) is 1. The van der Waals surface area contributed by atoms with E-state index in [-0.39, 0.29) is 0 Å². The Hall–Kier alpha value is -0.875. The smallest absolute Gasteiger partial charge is 0.0720 e. The molecule has 0 aliphatic heterocycles. The first-order valence-corrected chi connectivity index (χ1v) is 4.84. The van der Waals surface area contributed by atoms with E-state index < -0.39 is 19.2 Å². The molecule has 0 fully saturated rings. The molecule has 0 aromatic heterocycles. The van der Waals surface area contributed by atoms with Gasteiger partial charge in [0.25, 0.3) is 0 Å². The summed E-state index contributed by atoms with van der Waals surface area (Å²) in [6.07, 6.45) is -0.523. The number of benzene rings is 1. The van der Waals surface area contributed by atoms with Gasteiger partial charge in [-0.3, -0.25) is 0 Å². The first-order valence-electron chi connectivity index (χ1n) is 4.84. The number of nitrogens with two attached hydrogens (primary N) is 1. The molecule has 82 valence electrons. The van der Waals surface area contributed by atoms with Crippen LogP contribution < -0.4 is 15.8 Å². The average Bonchev–Trinajstić information content (AvgIpc) is 2.26. The van der Waals surface area contributed by atoms with Crippen molar-refractivity contribution in [3.05, 3.63) is 35.9 Å². The summed E-state index contributed by atoms with van der Waals surface area (Å²) in [7, 11) is -2.05. The van der Waals surface area contributed by atoms with Crippen molar-refractivity contribution in [3.8, 4) is 0 Å². The molecule has 4 nitrogen and oxygen atoms in total. The topological polar surface area (TPSA) is 81.4 Å². The van der Waals surface area contributed by atoms with E-state index >= 15 is 0 Å². The van der Waals surface area contributed by atoms with E-state index in [4.69, 9.17) is 10.5 Å². The van der Waals surface area contributed by atoms with Crippen LogP contribution in [0.3, 0.4) is 0 Å². The SMILES string of the molecule is CC(OCc1ccccc1)C(N)B([O-])[O-]. The molecule has 0 heterocycles. The van der Waals surface area contributed by atoms with Crippen LogP contribution >= 0.6 is 0 Å². The van der Waals surface area contributed by atoms with Gasteiger partial charge in [-0.25, -0.2) is 0 Å². The molecule has 2 N–H and O–H groups in total. The molecular formula is C10H14BNO3-2. The lowest BCUT2D eigenvalue weighted by Crippen LogP contribution is -2.63. The summed E-state index contributed by atoms with van der Waals surface area (Å²) >= 11 is 0. The Labute approximate surface area is 89.8 Å². The van der Waals surface area contributed by atoms with Crippen molar-refractivity contribution in [1.29, 1.82) is 0 Å². The summed E-state index contributed by atoms with van der Waals surface area (Å²) in [4.78, 5) is 0. The lowest BCUT2D eigenvalue weighted by molar-refractivity contribution is -0.353. The van der Waals surface area contributed by atoms with Crippen molar-refractivity contribution in [2.24, 2.45) is 5.73 Å². The molecule has 1 rings (SSSR count). The Balaban J connectivity index is 2.37. The van der Waals surface area contributed by atoms with Gasteiger partial charge in [0, 0.05) is 0 Å². The predicted octanol–water partition coefficient (Wildman–Crippen LogP) is -1.33. The molecule has 2 unspecified atom stereocenters. The van der Waals surface area contributed by atoms with Crippen LogP contribution in [0, 0.1) is 0 Å². The monoisotopic (exact) mass is 207 g/mol. The molecule has 0 saturated heterocycles. The van der Waals surface area contributed by atoms with E-state index in [1.807, 2.05) is 30.3 Å². The van der Waals surface area contributed by atoms with Gasteiger partial charge >= 0.3 is 0 Å².